The smallest absolute Gasteiger partial charge is 0.411 e. The summed E-state index contributed by atoms with van der Waals surface area (Å²) in [5.41, 5.74) is 1.35. The number of rotatable bonds is 5. The number of nitrogens with one attached hydrogen (secondary N) is 3. The molecule has 0 atom stereocenters. The van der Waals surface area contributed by atoms with E-state index in [1.807, 2.05) is 0 Å². The molecule has 0 bridgehead atoms. The van der Waals surface area contributed by atoms with Gasteiger partial charge in [-0.25, -0.2) is 14.2 Å². The van der Waals surface area contributed by atoms with Gasteiger partial charge in [0.15, 0.2) is 5.78 Å². The van der Waals surface area contributed by atoms with Crippen molar-refractivity contribution in [3.63, 3.8) is 0 Å². The van der Waals surface area contributed by atoms with Gasteiger partial charge < -0.3 is 15.4 Å². The summed E-state index contributed by atoms with van der Waals surface area (Å²) >= 11 is 3.23. The van der Waals surface area contributed by atoms with Crippen LogP contribution < -0.4 is 10.6 Å². The zero-order chi connectivity index (χ0) is 22.8. The van der Waals surface area contributed by atoms with Gasteiger partial charge in [-0.1, -0.05) is 34.1 Å². The highest BCUT2D eigenvalue weighted by atomic mass is 79.9. The summed E-state index contributed by atoms with van der Waals surface area (Å²) in [7, 11) is 0. The van der Waals surface area contributed by atoms with Crippen molar-refractivity contribution in [3.05, 3.63) is 87.6 Å². The Labute approximate surface area is 188 Å². The summed E-state index contributed by atoms with van der Waals surface area (Å²) < 4.78 is 14.6. The number of aromatic amines is 1. The minimum absolute atomic E-state index is 0.0212. The number of nitrogens with zero attached hydrogens (tertiary/aromatic N) is 1. The lowest BCUT2D eigenvalue weighted by Crippen LogP contribution is -2.17. The topological polar surface area (TPSA) is 124 Å². The molecule has 1 heterocycles. The molecule has 1 aromatic heterocycles. The van der Waals surface area contributed by atoms with Crippen LogP contribution in [-0.2, 0) is 0 Å². The molecule has 0 aliphatic rings. The number of anilines is 2. The number of aromatic nitrogens is 2. The summed E-state index contributed by atoms with van der Waals surface area (Å²) in [6.45, 7) is 0. The molecule has 0 saturated heterocycles. The highest BCUT2D eigenvalue weighted by Crippen LogP contribution is 2.23. The van der Waals surface area contributed by atoms with Gasteiger partial charge in [0, 0.05) is 15.6 Å². The van der Waals surface area contributed by atoms with Gasteiger partial charge in [0.2, 0.25) is 5.95 Å². The predicted molar refractivity (Wildman–Crippen MR) is 120 cm³/mol. The van der Waals surface area contributed by atoms with Crippen molar-refractivity contribution >= 4 is 56.4 Å². The van der Waals surface area contributed by atoms with Gasteiger partial charge in [-0.3, -0.25) is 14.9 Å². The van der Waals surface area contributed by atoms with Crippen molar-refractivity contribution in [1.29, 1.82) is 0 Å². The number of hydrogen-bond donors (Lipinski definition) is 4. The van der Waals surface area contributed by atoms with Gasteiger partial charge in [-0.2, -0.15) is 0 Å². The molecule has 0 fully saturated rings. The molecule has 0 spiro atoms. The van der Waals surface area contributed by atoms with E-state index in [4.69, 9.17) is 5.11 Å². The van der Waals surface area contributed by atoms with Gasteiger partial charge in [0.05, 0.1) is 22.3 Å². The fourth-order valence-electron chi connectivity index (χ4n) is 3.13. The Bertz CT molecular complexity index is 1390. The monoisotopic (exact) mass is 496 g/mol. The molecule has 0 saturated carbocycles. The van der Waals surface area contributed by atoms with E-state index in [1.54, 1.807) is 18.2 Å². The molecule has 4 rings (SSSR count). The summed E-state index contributed by atoms with van der Waals surface area (Å²) in [4.78, 5) is 43.6. The Morgan fingerprint density at radius 1 is 0.969 bits per heavy atom. The Hall–Kier alpha value is -4.05. The largest absolute Gasteiger partial charge is 0.465 e. The second-order valence-corrected chi connectivity index (χ2v) is 7.62. The van der Waals surface area contributed by atoms with Crippen LogP contribution in [0, 0.1) is 5.82 Å². The average molecular weight is 497 g/mol. The highest BCUT2D eigenvalue weighted by Gasteiger charge is 2.20. The number of ketones is 1. The van der Waals surface area contributed by atoms with Gasteiger partial charge in [0.1, 0.15) is 5.82 Å². The molecular weight excluding hydrogens is 483 g/mol. The number of imidazole rings is 1. The van der Waals surface area contributed by atoms with Gasteiger partial charge in [-0.05, 0) is 42.5 Å². The SMILES string of the molecule is O=C(O)Nc1nc2ccc(C(=O)c3ccccc3C(=O)Nc3cc(Br)ccc3F)cc2[nH]1. The molecule has 160 valence electrons. The summed E-state index contributed by atoms with van der Waals surface area (Å²) in [6.07, 6.45) is -1.28. The van der Waals surface area contributed by atoms with Crippen LogP contribution in [-0.4, -0.2) is 32.9 Å². The van der Waals surface area contributed by atoms with Crippen LogP contribution in [0.4, 0.5) is 20.8 Å². The quantitative estimate of drug-likeness (QED) is 0.288. The van der Waals surface area contributed by atoms with Crippen molar-refractivity contribution in [3.8, 4) is 0 Å². The fourth-order valence-corrected chi connectivity index (χ4v) is 3.49. The van der Waals surface area contributed by atoms with Crippen molar-refractivity contribution in [2.75, 3.05) is 10.6 Å². The molecule has 8 nitrogen and oxygen atoms in total. The lowest BCUT2D eigenvalue weighted by Gasteiger charge is -2.11. The van der Waals surface area contributed by atoms with Crippen LogP contribution >= 0.6 is 15.9 Å². The Morgan fingerprint density at radius 3 is 2.47 bits per heavy atom. The number of halogens is 2. The van der Waals surface area contributed by atoms with Gasteiger partial charge in [-0.15, -0.1) is 0 Å². The molecular formula is C22H14BrFN4O4. The first-order valence-electron chi connectivity index (χ1n) is 9.21. The zero-order valence-electron chi connectivity index (χ0n) is 16.1. The minimum atomic E-state index is -1.28. The summed E-state index contributed by atoms with van der Waals surface area (Å²) in [6, 6.07) is 14.9. The standard InChI is InChI=1S/C22H14BrFN4O4/c23-12-6-7-15(24)17(10-12)25-20(30)14-4-2-1-3-13(14)19(29)11-5-8-16-18(9-11)27-21(26-16)28-22(31)32/h1-10H,(H,25,30)(H,31,32)(H2,26,27,28). The third-order valence-electron chi connectivity index (χ3n) is 4.56. The maximum Gasteiger partial charge on any atom is 0.411 e. The Kier molecular flexibility index (Phi) is 5.69. The molecule has 0 radical (unpaired) electrons. The van der Waals surface area contributed by atoms with E-state index in [1.165, 1.54) is 42.5 Å². The Morgan fingerprint density at radius 2 is 1.72 bits per heavy atom. The molecule has 0 unspecified atom stereocenters. The number of amides is 2. The molecule has 10 heteroatoms. The molecule has 3 aromatic carbocycles. The van der Waals surface area contributed by atoms with Crippen LogP contribution in [0.25, 0.3) is 11.0 Å². The number of carbonyl (C=O) groups is 3. The third kappa shape index (κ3) is 4.35. The second kappa shape index (κ2) is 8.60. The van der Waals surface area contributed by atoms with Crippen molar-refractivity contribution in [2.24, 2.45) is 0 Å². The van der Waals surface area contributed by atoms with E-state index in [0.717, 1.165) is 0 Å². The molecule has 2 amide bonds. The number of carboxylic acid groups (broad SMARTS) is 1. The van der Waals surface area contributed by atoms with E-state index in [0.29, 0.717) is 15.5 Å². The highest BCUT2D eigenvalue weighted by molar-refractivity contribution is 9.10. The van der Waals surface area contributed by atoms with E-state index in [-0.39, 0.29) is 28.3 Å². The predicted octanol–water partition coefficient (Wildman–Crippen LogP) is 5.04. The lowest BCUT2D eigenvalue weighted by molar-refractivity contribution is 0.0996. The third-order valence-corrected chi connectivity index (χ3v) is 5.06. The molecule has 0 aliphatic carbocycles. The molecule has 32 heavy (non-hydrogen) atoms. The first-order chi connectivity index (χ1) is 15.3. The van der Waals surface area contributed by atoms with Crippen LogP contribution in [0.3, 0.4) is 0 Å². The number of hydrogen-bond acceptors (Lipinski definition) is 4. The lowest BCUT2D eigenvalue weighted by atomic mass is 9.97. The number of benzene rings is 3. The maximum absolute atomic E-state index is 14.0. The average Bonchev–Trinajstić information content (AvgIpc) is 3.16. The van der Waals surface area contributed by atoms with Crippen LogP contribution in [0.2, 0.25) is 0 Å². The normalized spacial score (nSPS) is 10.7. The number of H-pyrrole nitrogens is 1. The first kappa shape index (κ1) is 21.2. The van der Waals surface area contributed by atoms with Crippen molar-refractivity contribution in [1.82, 2.24) is 9.97 Å². The molecule has 0 aliphatic heterocycles. The summed E-state index contributed by atoms with van der Waals surface area (Å²) in [5, 5.41) is 13.4. The summed E-state index contributed by atoms with van der Waals surface area (Å²) in [5.74, 6) is -1.66. The van der Waals surface area contributed by atoms with Crippen molar-refractivity contribution in [2.45, 2.75) is 0 Å². The van der Waals surface area contributed by atoms with Gasteiger partial charge in [0.25, 0.3) is 5.91 Å². The van der Waals surface area contributed by atoms with Gasteiger partial charge >= 0.3 is 6.09 Å². The Balaban J connectivity index is 1.65. The maximum atomic E-state index is 14.0. The molecule has 4 N–H and O–H groups in total. The van der Waals surface area contributed by atoms with E-state index < -0.39 is 23.6 Å². The number of carbonyl (C=O) groups excluding carboxylic acids is 2. The zero-order valence-corrected chi connectivity index (χ0v) is 17.7. The van der Waals surface area contributed by atoms with E-state index in [9.17, 15) is 18.8 Å². The second-order valence-electron chi connectivity index (χ2n) is 6.70. The fraction of sp³-hybridized carbons (Fsp3) is 0. The van der Waals surface area contributed by atoms with Crippen LogP contribution in [0.5, 0.6) is 0 Å². The molecule has 4 aromatic rings. The van der Waals surface area contributed by atoms with Crippen LogP contribution in [0.15, 0.2) is 65.1 Å². The first-order valence-corrected chi connectivity index (χ1v) is 10.0. The van der Waals surface area contributed by atoms with E-state index >= 15 is 0 Å². The van der Waals surface area contributed by atoms with Crippen molar-refractivity contribution < 1.29 is 23.9 Å². The minimum Gasteiger partial charge on any atom is -0.465 e. The van der Waals surface area contributed by atoms with Crippen LogP contribution in [0.1, 0.15) is 26.3 Å². The van der Waals surface area contributed by atoms with E-state index in [2.05, 4.69) is 36.5 Å². The number of fused-ring (bicyclic) bond motifs is 1.